The highest BCUT2D eigenvalue weighted by Gasteiger charge is 2.13. The van der Waals surface area contributed by atoms with Gasteiger partial charge in [0.2, 0.25) is 5.91 Å². The number of carbonyl (C=O) groups is 2. The van der Waals surface area contributed by atoms with E-state index in [0.717, 1.165) is 12.0 Å². The van der Waals surface area contributed by atoms with Crippen molar-refractivity contribution in [3.63, 3.8) is 0 Å². The van der Waals surface area contributed by atoms with Gasteiger partial charge in [-0.1, -0.05) is 37.3 Å². The largest absolute Gasteiger partial charge is 0.494 e. The number of hydrogen-bond donors (Lipinski definition) is 1. The van der Waals surface area contributed by atoms with Gasteiger partial charge in [-0.05, 0) is 60.0 Å². The lowest BCUT2D eigenvalue weighted by atomic mass is 10.1. The van der Waals surface area contributed by atoms with Crippen molar-refractivity contribution in [2.24, 2.45) is 5.10 Å². The molecule has 7 heteroatoms. The summed E-state index contributed by atoms with van der Waals surface area (Å²) < 4.78 is 16.4. The Kier molecular flexibility index (Phi) is 8.59. The molecule has 7 nitrogen and oxygen atoms in total. The molecule has 0 heterocycles. The van der Waals surface area contributed by atoms with E-state index < -0.39 is 5.97 Å². The summed E-state index contributed by atoms with van der Waals surface area (Å²) in [5, 5.41) is 3.98. The topological polar surface area (TPSA) is 86.2 Å². The second kappa shape index (κ2) is 12.0. The zero-order valence-electron chi connectivity index (χ0n) is 18.6. The number of carbonyl (C=O) groups excluding carboxylic acids is 2. The molecular formula is C26H26N2O5. The van der Waals surface area contributed by atoms with E-state index in [-0.39, 0.29) is 18.1 Å². The summed E-state index contributed by atoms with van der Waals surface area (Å²) in [6.45, 7) is 2.64. The number of amides is 1. The van der Waals surface area contributed by atoms with E-state index in [2.05, 4.69) is 10.5 Å². The molecule has 0 radical (unpaired) electrons. The predicted molar refractivity (Wildman–Crippen MR) is 126 cm³/mol. The van der Waals surface area contributed by atoms with E-state index in [4.69, 9.17) is 14.2 Å². The number of nitrogens with one attached hydrogen (secondary N) is 1. The highest BCUT2D eigenvalue weighted by Crippen LogP contribution is 2.28. The third-order valence-corrected chi connectivity index (χ3v) is 4.56. The summed E-state index contributed by atoms with van der Waals surface area (Å²) in [5.41, 5.74) is 4.47. The quantitative estimate of drug-likeness (QED) is 0.216. The summed E-state index contributed by atoms with van der Waals surface area (Å²) in [4.78, 5) is 24.5. The number of nitrogens with zero attached hydrogens (tertiary/aromatic N) is 1. The van der Waals surface area contributed by atoms with Crippen molar-refractivity contribution >= 4 is 18.1 Å². The molecular weight excluding hydrogens is 420 g/mol. The van der Waals surface area contributed by atoms with Gasteiger partial charge in [-0.3, -0.25) is 4.79 Å². The maximum atomic E-state index is 12.5. The molecule has 3 aromatic rings. The van der Waals surface area contributed by atoms with Crippen LogP contribution in [0.1, 0.15) is 34.8 Å². The number of rotatable bonds is 10. The second-order valence-electron chi connectivity index (χ2n) is 7.13. The zero-order valence-corrected chi connectivity index (χ0v) is 18.6. The molecule has 170 valence electrons. The summed E-state index contributed by atoms with van der Waals surface area (Å²) in [5.74, 6) is 0.612. The number of hydrazone groups is 1. The molecule has 3 aromatic carbocycles. The molecule has 33 heavy (non-hydrogen) atoms. The van der Waals surface area contributed by atoms with Gasteiger partial charge in [0.05, 0.1) is 31.9 Å². The normalized spacial score (nSPS) is 10.6. The van der Waals surface area contributed by atoms with Crippen LogP contribution in [-0.4, -0.2) is 31.8 Å². The Hall–Kier alpha value is -4.13. The number of benzene rings is 3. The fraction of sp³-hybridized carbons (Fsp3) is 0.192. The lowest BCUT2D eigenvalue weighted by Crippen LogP contribution is -2.19. The van der Waals surface area contributed by atoms with Crippen LogP contribution in [0.2, 0.25) is 0 Å². The maximum absolute atomic E-state index is 12.5. The number of ether oxygens (including phenoxy) is 3. The standard InChI is InChI=1S/C26H26N2O5/c1-3-15-32-22-12-10-21(11-13-22)26(30)33-23-14-9-20(16-24(23)31-2)18-27-28-25(29)17-19-7-5-4-6-8-19/h4-14,16,18H,3,15,17H2,1-2H3,(H,28,29)/b27-18+. The number of methoxy groups -OCH3 is 1. The van der Waals surface area contributed by atoms with Crippen molar-refractivity contribution in [2.45, 2.75) is 19.8 Å². The average molecular weight is 447 g/mol. The van der Waals surface area contributed by atoms with Crippen LogP contribution >= 0.6 is 0 Å². The van der Waals surface area contributed by atoms with Crippen molar-refractivity contribution in [1.29, 1.82) is 0 Å². The lowest BCUT2D eigenvalue weighted by molar-refractivity contribution is -0.120. The van der Waals surface area contributed by atoms with Crippen molar-refractivity contribution in [1.82, 2.24) is 5.43 Å². The van der Waals surface area contributed by atoms with Crippen molar-refractivity contribution in [3.05, 3.63) is 89.5 Å². The molecule has 0 aliphatic rings. The fourth-order valence-corrected chi connectivity index (χ4v) is 2.91. The number of esters is 1. The Balaban J connectivity index is 1.59. The Bertz CT molecular complexity index is 1100. The first-order valence-corrected chi connectivity index (χ1v) is 10.6. The van der Waals surface area contributed by atoms with Crippen LogP contribution in [-0.2, 0) is 11.2 Å². The molecule has 0 spiro atoms. The van der Waals surface area contributed by atoms with E-state index in [1.54, 1.807) is 42.5 Å². The lowest BCUT2D eigenvalue weighted by Gasteiger charge is -2.10. The molecule has 0 saturated carbocycles. The third-order valence-electron chi connectivity index (χ3n) is 4.56. The Labute approximate surface area is 193 Å². The smallest absolute Gasteiger partial charge is 0.343 e. The van der Waals surface area contributed by atoms with Crippen LogP contribution in [0.5, 0.6) is 17.2 Å². The Morgan fingerprint density at radius 3 is 2.42 bits per heavy atom. The molecule has 0 fully saturated rings. The van der Waals surface area contributed by atoms with Crippen LogP contribution < -0.4 is 19.6 Å². The van der Waals surface area contributed by atoms with E-state index in [9.17, 15) is 9.59 Å². The van der Waals surface area contributed by atoms with Gasteiger partial charge in [0.1, 0.15) is 5.75 Å². The highest BCUT2D eigenvalue weighted by atomic mass is 16.6. The van der Waals surface area contributed by atoms with E-state index in [0.29, 0.717) is 29.2 Å². The molecule has 1 N–H and O–H groups in total. The summed E-state index contributed by atoms with van der Waals surface area (Å²) in [6, 6.07) is 21.2. The van der Waals surface area contributed by atoms with Crippen LogP contribution in [0.4, 0.5) is 0 Å². The van der Waals surface area contributed by atoms with Crippen LogP contribution in [0.3, 0.4) is 0 Å². The molecule has 0 aliphatic heterocycles. The Morgan fingerprint density at radius 1 is 0.970 bits per heavy atom. The number of hydrogen-bond acceptors (Lipinski definition) is 6. The minimum Gasteiger partial charge on any atom is -0.494 e. The molecule has 0 saturated heterocycles. The predicted octanol–water partition coefficient (Wildman–Crippen LogP) is 4.40. The molecule has 0 aromatic heterocycles. The molecule has 1 amide bonds. The molecule has 0 bridgehead atoms. The van der Waals surface area contributed by atoms with Gasteiger partial charge < -0.3 is 14.2 Å². The molecule has 0 aliphatic carbocycles. The fourth-order valence-electron chi connectivity index (χ4n) is 2.91. The van der Waals surface area contributed by atoms with Crippen LogP contribution in [0.15, 0.2) is 77.9 Å². The average Bonchev–Trinajstić information content (AvgIpc) is 2.84. The first-order valence-electron chi connectivity index (χ1n) is 10.6. The van der Waals surface area contributed by atoms with E-state index in [1.165, 1.54) is 13.3 Å². The zero-order chi connectivity index (χ0) is 23.5. The van der Waals surface area contributed by atoms with Crippen LogP contribution in [0, 0.1) is 0 Å². The van der Waals surface area contributed by atoms with Gasteiger partial charge >= 0.3 is 5.97 Å². The minimum atomic E-state index is -0.509. The summed E-state index contributed by atoms with van der Waals surface area (Å²) in [6.07, 6.45) is 2.64. The summed E-state index contributed by atoms with van der Waals surface area (Å²) in [7, 11) is 1.48. The maximum Gasteiger partial charge on any atom is 0.343 e. The summed E-state index contributed by atoms with van der Waals surface area (Å²) >= 11 is 0. The van der Waals surface area contributed by atoms with Crippen molar-refractivity contribution in [3.8, 4) is 17.2 Å². The van der Waals surface area contributed by atoms with E-state index >= 15 is 0 Å². The van der Waals surface area contributed by atoms with Crippen LogP contribution in [0.25, 0.3) is 0 Å². The molecule has 0 atom stereocenters. The second-order valence-corrected chi connectivity index (χ2v) is 7.13. The van der Waals surface area contributed by atoms with Crippen molar-refractivity contribution in [2.75, 3.05) is 13.7 Å². The monoisotopic (exact) mass is 446 g/mol. The van der Waals surface area contributed by atoms with Crippen molar-refractivity contribution < 1.29 is 23.8 Å². The van der Waals surface area contributed by atoms with Gasteiger partial charge in [0.25, 0.3) is 0 Å². The first-order chi connectivity index (χ1) is 16.1. The SMILES string of the molecule is CCCOc1ccc(C(=O)Oc2ccc(/C=N/NC(=O)Cc3ccccc3)cc2OC)cc1. The van der Waals surface area contributed by atoms with Gasteiger partial charge in [-0.15, -0.1) is 0 Å². The van der Waals surface area contributed by atoms with Gasteiger partial charge in [0.15, 0.2) is 11.5 Å². The third kappa shape index (κ3) is 7.21. The van der Waals surface area contributed by atoms with Gasteiger partial charge in [-0.2, -0.15) is 5.10 Å². The van der Waals surface area contributed by atoms with E-state index in [1.807, 2.05) is 37.3 Å². The van der Waals surface area contributed by atoms with Gasteiger partial charge in [0, 0.05) is 0 Å². The first kappa shape index (κ1) is 23.5. The highest BCUT2D eigenvalue weighted by molar-refractivity contribution is 5.92. The minimum absolute atomic E-state index is 0.221. The molecule has 0 unspecified atom stereocenters. The van der Waals surface area contributed by atoms with Gasteiger partial charge in [-0.25, -0.2) is 10.2 Å². The Morgan fingerprint density at radius 2 is 1.73 bits per heavy atom. The molecule has 3 rings (SSSR count).